The maximum absolute atomic E-state index is 12.1. The number of rotatable bonds is 7. The number of carbonyl (C=O) groups is 1. The predicted molar refractivity (Wildman–Crippen MR) is 81.4 cm³/mol. The summed E-state index contributed by atoms with van der Waals surface area (Å²) in [6.45, 7) is 5.72. The Morgan fingerprint density at radius 3 is 2.71 bits per heavy atom. The number of carbonyl (C=O) groups excluding carboxylic acids is 1. The Kier molecular flexibility index (Phi) is 5.20. The molecule has 1 aliphatic rings. The fourth-order valence-corrected chi connectivity index (χ4v) is 2.41. The molecule has 2 N–H and O–H groups in total. The molecule has 0 radical (unpaired) electrons. The Balaban J connectivity index is 1.93. The van der Waals surface area contributed by atoms with Crippen LogP contribution < -0.4 is 15.4 Å². The molecular formula is C16H24N2O3. The molecule has 21 heavy (non-hydrogen) atoms. The summed E-state index contributed by atoms with van der Waals surface area (Å²) in [4.78, 5) is 12.1. The zero-order valence-corrected chi connectivity index (χ0v) is 12.9. The number of nitrogens with one attached hydrogen (secondary N) is 2. The van der Waals surface area contributed by atoms with E-state index < -0.39 is 0 Å². The van der Waals surface area contributed by atoms with E-state index in [1.54, 1.807) is 7.11 Å². The molecule has 116 valence electrons. The Bertz CT molecular complexity index is 486. The summed E-state index contributed by atoms with van der Waals surface area (Å²) in [7, 11) is 1.64. The molecular weight excluding hydrogens is 268 g/mol. The van der Waals surface area contributed by atoms with Crippen molar-refractivity contribution in [3.8, 4) is 5.75 Å². The van der Waals surface area contributed by atoms with Crippen LogP contribution in [0.3, 0.4) is 0 Å². The molecule has 1 heterocycles. The third-order valence-corrected chi connectivity index (χ3v) is 3.81. The molecule has 1 atom stereocenters. The summed E-state index contributed by atoms with van der Waals surface area (Å²) in [5.41, 5.74) is 0.788. The van der Waals surface area contributed by atoms with Crippen LogP contribution in [0.5, 0.6) is 5.75 Å². The van der Waals surface area contributed by atoms with Crippen molar-refractivity contribution in [3.05, 3.63) is 29.8 Å². The monoisotopic (exact) mass is 292 g/mol. The lowest BCUT2D eigenvalue weighted by molar-refractivity contribution is -0.136. The van der Waals surface area contributed by atoms with Gasteiger partial charge in [-0.1, -0.05) is 25.1 Å². The maximum atomic E-state index is 12.1. The van der Waals surface area contributed by atoms with Crippen molar-refractivity contribution in [2.24, 2.45) is 0 Å². The van der Waals surface area contributed by atoms with E-state index in [9.17, 15) is 4.79 Å². The minimum atomic E-state index is -0.205. The van der Waals surface area contributed by atoms with Crippen LogP contribution >= 0.6 is 0 Å². The van der Waals surface area contributed by atoms with Gasteiger partial charge in [0.2, 0.25) is 5.91 Å². The normalized spacial score (nSPS) is 17.7. The highest BCUT2D eigenvalue weighted by atomic mass is 16.5. The van der Waals surface area contributed by atoms with Gasteiger partial charge in [0.05, 0.1) is 18.8 Å². The average Bonchev–Trinajstić information content (AvgIpc) is 2.48. The molecule has 1 amide bonds. The fourth-order valence-electron chi connectivity index (χ4n) is 2.41. The van der Waals surface area contributed by atoms with Crippen molar-refractivity contribution in [2.75, 3.05) is 26.8 Å². The summed E-state index contributed by atoms with van der Waals surface area (Å²) < 4.78 is 11.0. The van der Waals surface area contributed by atoms with Crippen LogP contribution in [-0.2, 0) is 9.53 Å². The molecule has 0 aliphatic carbocycles. The first-order valence-corrected chi connectivity index (χ1v) is 7.35. The fraction of sp³-hybridized carbons (Fsp3) is 0.562. The molecule has 1 aromatic rings. The van der Waals surface area contributed by atoms with Crippen molar-refractivity contribution in [2.45, 2.75) is 31.9 Å². The lowest BCUT2D eigenvalue weighted by Crippen LogP contribution is -2.59. The standard InChI is InChI=1S/C16H24N2O3/c1-4-13(12-7-5-6-8-14(12)20-3)18-15(19)9-21-16(2)10-17-11-16/h5-8,13,17H,4,9-11H2,1-3H3,(H,18,19). The number of hydrogen-bond acceptors (Lipinski definition) is 4. The van der Waals surface area contributed by atoms with Gasteiger partial charge in [0.15, 0.2) is 0 Å². The molecule has 1 aromatic carbocycles. The number of hydrogen-bond donors (Lipinski definition) is 2. The molecule has 0 aromatic heterocycles. The lowest BCUT2D eigenvalue weighted by atomic mass is 10.0. The zero-order valence-electron chi connectivity index (χ0n) is 12.9. The van der Waals surface area contributed by atoms with Crippen molar-refractivity contribution in [1.82, 2.24) is 10.6 Å². The van der Waals surface area contributed by atoms with Crippen LogP contribution in [0.15, 0.2) is 24.3 Å². The van der Waals surface area contributed by atoms with Crippen LogP contribution in [-0.4, -0.2) is 38.3 Å². The number of para-hydroxylation sites is 1. The molecule has 1 unspecified atom stereocenters. The molecule has 5 nitrogen and oxygen atoms in total. The minimum absolute atomic E-state index is 0.0652. The Morgan fingerprint density at radius 2 is 2.14 bits per heavy atom. The lowest BCUT2D eigenvalue weighted by Gasteiger charge is -2.38. The summed E-state index contributed by atoms with van der Waals surface area (Å²) >= 11 is 0. The van der Waals surface area contributed by atoms with Gasteiger partial charge in [-0.25, -0.2) is 0 Å². The van der Waals surface area contributed by atoms with E-state index in [1.165, 1.54) is 0 Å². The van der Waals surface area contributed by atoms with Crippen LogP contribution in [0.2, 0.25) is 0 Å². The first kappa shape index (κ1) is 15.8. The van der Waals surface area contributed by atoms with Crippen LogP contribution in [0.25, 0.3) is 0 Å². The summed E-state index contributed by atoms with van der Waals surface area (Å²) in [5.74, 6) is 0.696. The molecule has 5 heteroatoms. The molecule has 1 aliphatic heterocycles. The van der Waals surface area contributed by atoms with E-state index in [0.717, 1.165) is 30.8 Å². The topological polar surface area (TPSA) is 59.6 Å². The summed E-state index contributed by atoms with van der Waals surface area (Å²) in [5, 5.41) is 6.16. The van der Waals surface area contributed by atoms with Gasteiger partial charge >= 0.3 is 0 Å². The van der Waals surface area contributed by atoms with E-state index >= 15 is 0 Å². The first-order valence-electron chi connectivity index (χ1n) is 7.35. The number of amides is 1. The third-order valence-electron chi connectivity index (χ3n) is 3.81. The summed E-state index contributed by atoms with van der Waals surface area (Å²) in [6, 6.07) is 7.69. The van der Waals surface area contributed by atoms with Crippen molar-refractivity contribution < 1.29 is 14.3 Å². The van der Waals surface area contributed by atoms with Gasteiger partial charge in [-0.15, -0.1) is 0 Å². The Morgan fingerprint density at radius 1 is 1.43 bits per heavy atom. The van der Waals surface area contributed by atoms with Gasteiger partial charge < -0.3 is 20.1 Å². The van der Waals surface area contributed by atoms with E-state index in [1.807, 2.05) is 38.1 Å². The molecule has 1 fully saturated rings. The molecule has 2 rings (SSSR count). The molecule has 0 saturated carbocycles. The highest BCUT2D eigenvalue weighted by molar-refractivity contribution is 5.77. The predicted octanol–water partition coefficient (Wildman–Crippen LogP) is 1.64. The zero-order chi connectivity index (χ0) is 15.3. The van der Waals surface area contributed by atoms with Crippen LogP contribution in [0.4, 0.5) is 0 Å². The smallest absolute Gasteiger partial charge is 0.246 e. The van der Waals surface area contributed by atoms with Crippen LogP contribution in [0, 0.1) is 0 Å². The second-order valence-corrected chi connectivity index (χ2v) is 5.61. The Hall–Kier alpha value is -1.59. The first-order chi connectivity index (χ1) is 10.1. The van der Waals surface area contributed by atoms with Crippen molar-refractivity contribution in [1.29, 1.82) is 0 Å². The second kappa shape index (κ2) is 6.91. The van der Waals surface area contributed by atoms with Gasteiger partial charge in [-0.2, -0.15) is 0 Å². The van der Waals surface area contributed by atoms with Crippen molar-refractivity contribution >= 4 is 5.91 Å². The molecule has 0 bridgehead atoms. The SMILES string of the molecule is CCC(NC(=O)COC1(C)CNC1)c1ccccc1OC. The van der Waals surface area contributed by atoms with Gasteiger partial charge in [-0.05, 0) is 19.4 Å². The summed E-state index contributed by atoms with van der Waals surface area (Å²) in [6.07, 6.45) is 0.797. The highest BCUT2D eigenvalue weighted by Crippen LogP contribution is 2.26. The van der Waals surface area contributed by atoms with E-state index in [2.05, 4.69) is 10.6 Å². The quantitative estimate of drug-likeness (QED) is 0.802. The maximum Gasteiger partial charge on any atom is 0.246 e. The number of methoxy groups -OCH3 is 1. The second-order valence-electron chi connectivity index (χ2n) is 5.61. The highest BCUT2D eigenvalue weighted by Gasteiger charge is 2.33. The largest absolute Gasteiger partial charge is 0.496 e. The van der Waals surface area contributed by atoms with Gasteiger partial charge in [0.25, 0.3) is 0 Å². The van der Waals surface area contributed by atoms with E-state index in [0.29, 0.717) is 0 Å². The average molecular weight is 292 g/mol. The molecule has 1 saturated heterocycles. The van der Waals surface area contributed by atoms with E-state index in [-0.39, 0.29) is 24.2 Å². The third kappa shape index (κ3) is 3.95. The number of benzene rings is 1. The van der Waals surface area contributed by atoms with Gasteiger partial charge in [0.1, 0.15) is 12.4 Å². The Labute approximate surface area is 126 Å². The van der Waals surface area contributed by atoms with Gasteiger partial charge in [-0.3, -0.25) is 4.79 Å². The number of ether oxygens (including phenoxy) is 2. The minimum Gasteiger partial charge on any atom is -0.496 e. The van der Waals surface area contributed by atoms with Gasteiger partial charge in [0, 0.05) is 18.7 Å². The molecule has 0 spiro atoms. The van der Waals surface area contributed by atoms with Crippen LogP contribution in [0.1, 0.15) is 31.9 Å². The van der Waals surface area contributed by atoms with E-state index in [4.69, 9.17) is 9.47 Å². The van der Waals surface area contributed by atoms with Crippen molar-refractivity contribution in [3.63, 3.8) is 0 Å².